The van der Waals surface area contributed by atoms with Crippen molar-refractivity contribution in [2.75, 3.05) is 5.32 Å². The molecule has 0 saturated heterocycles. The Hall–Kier alpha value is -3.88. The van der Waals surface area contributed by atoms with E-state index in [9.17, 15) is 9.18 Å². The smallest absolute Gasteiger partial charge is 0.288 e. The van der Waals surface area contributed by atoms with Gasteiger partial charge in [0, 0.05) is 11.1 Å². The lowest BCUT2D eigenvalue weighted by molar-refractivity contribution is 0.567. The Balaban J connectivity index is 1.76. The maximum atomic E-state index is 13.5. The van der Waals surface area contributed by atoms with Crippen LogP contribution in [0.25, 0.3) is 11.3 Å². The van der Waals surface area contributed by atoms with E-state index in [1.54, 1.807) is 16.8 Å². The standard InChI is InChI=1S/C21H18FN7O/c1-11(2)12-3-5-14(6-4-12)19-16-17(13-7-9-15(22)10-8-13)24-25-20(30)18(16)23-21-26-27-28-29(19)21/h3-11,19H,1-2H3,(H,25,30)(H,23,26,28)/t19-/m0/s1. The molecule has 0 spiro atoms. The van der Waals surface area contributed by atoms with Gasteiger partial charge in [0.1, 0.15) is 17.5 Å². The first-order valence-corrected chi connectivity index (χ1v) is 9.56. The van der Waals surface area contributed by atoms with Crippen molar-refractivity contribution >= 4 is 11.6 Å². The van der Waals surface area contributed by atoms with Crippen LogP contribution in [0.2, 0.25) is 0 Å². The molecule has 3 heterocycles. The van der Waals surface area contributed by atoms with Crippen LogP contribution in [0.4, 0.5) is 16.0 Å². The molecule has 4 aromatic rings. The molecular formula is C21H18FN7O. The molecule has 2 aromatic heterocycles. The first kappa shape index (κ1) is 18.2. The number of benzene rings is 2. The van der Waals surface area contributed by atoms with Gasteiger partial charge in [-0.2, -0.15) is 9.78 Å². The summed E-state index contributed by atoms with van der Waals surface area (Å²) in [5, 5.41) is 21.7. The fourth-order valence-corrected chi connectivity index (χ4v) is 3.74. The topological polar surface area (TPSA) is 101 Å². The molecule has 2 aromatic carbocycles. The van der Waals surface area contributed by atoms with E-state index in [0.717, 1.165) is 5.56 Å². The van der Waals surface area contributed by atoms with E-state index in [-0.39, 0.29) is 11.4 Å². The van der Waals surface area contributed by atoms with Crippen LogP contribution in [0, 0.1) is 5.82 Å². The maximum Gasteiger partial charge on any atom is 0.288 e. The lowest BCUT2D eigenvalue weighted by Gasteiger charge is -2.28. The number of fused-ring (bicyclic) bond motifs is 2. The second-order valence-electron chi connectivity index (χ2n) is 7.49. The third-order valence-corrected chi connectivity index (χ3v) is 5.30. The van der Waals surface area contributed by atoms with Gasteiger partial charge >= 0.3 is 0 Å². The minimum absolute atomic E-state index is 0.324. The maximum absolute atomic E-state index is 13.5. The summed E-state index contributed by atoms with van der Waals surface area (Å²) in [6.45, 7) is 4.26. The van der Waals surface area contributed by atoms with Crippen molar-refractivity contribution in [3.05, 3.63) is 81.4 Å². The number of aromatic nitrogens is 6. The minimum Gasteiger partial charge on any atom is -0.318 e. The number of nitrogens with zero attached hydrogens (tertiary/aromatic N) is 5. The minimum atomic E-state index is -0.470. The molecule has 0 saturated carbocycles. The summed E-state index contributed by atoms with van der Waals surface area (Å²) in [5.74, 6) is 0.406. The molecule has 0 amide bonds. The average molecular weight is 403 g/mol. The molecule has 0 fully saturated rings. The molecule has 0 radical (unpaired) electrons. The molecular weight excluding hydrogens is 385 g/mol. The van der Waals surface area contributed by atoms with Gasteiger partial charge in [0.2, 0.25) is 5.95 Å². The zero-order chi connectivity index (χ0) is 20.8. The molecule has 150 valence electrons. The lowest BCUT2D eigenvalue weighted by atomic mass is 9.91. The molecule has 9 heteroatoms. The quantitative estimate of drug-likeness (QED) is 0.479. The van der Waals surface area contributed by atoms with Crippen molar-refractivity contribution < 1.29 is 4.39 Å². The second-order valence-corrected chi connectivity index (χ2v) is 7.49. The molecule has 0 bridgehead atoms. The summed E-state index contributed by atoms with van der Waals surface area (Å²) in [4.78, 5) is 12.6. The van der Waals surface area contributed by atoms with Gasteiger partial charge in [-0.3, -0.25) is 4.79 Å². The predicted octanol–water partition coefficient (Wildman–Crippen LogP) is 3.38. The van der Waals surface area contributed by atoms with Crippen molar-refractivity contribution in [1.29, 1.82) is 0 Å². The van der Waals surface area contributed by atoms with Crippen molar-refractivity contribution in [3.63, 3.8) is 0 Å². The molecule has 1 aliphatic rings. The van der Waals surface area contributed by atoms with E-state index in [1.807, 2.05) is 12.1 Å². The summed E-state index contributed by atoms with van der Waals surface area (Å²) in [5.41, 5.74) is 3.88. The monoisotopic (exact) mass is 403 g/mol. The highest BCUT2D eigenvalue weighted by Crippen LogP contribution is 2.41. The molecule has 2 N–H and O–H groups in total. The number of H-pyrrole nitrogens is 1. The summed E-state index contributed by atoms with van der Waals surface area (Å²) in [6.07, 6.45) is 0. The van der Waals surface area contributed by atoms with E-state index in [4.69, 9.17) is 0 Å². The highest BCUT2D eigenvalue weighted by atomic mass is 19.1. The normalized spacial score (nSPS) is 14.9. The Labute approximate surface area is 170 Å². The average Bonchev–Trinajstić information content (AvgIpc) is 3.22. The van der Waals surface area contributed by atoms with Crippen LogP contribution in [-0.2, 0) is 0 Å². The molecule has 0 unspecified atom stereocenters. The molecule has 5 rings (SSSR count). The van der Waals surface area contributed by atoms with Crippen LogP contribution < -0.4 is 10.9 Å². The number of nitrogens with one attached hydrogen (secondary N) is 2. The zero-order valence-electron chi connectivity index (χ0n) is 16.3. The van der Waals surface area contributed by atoms with E-state index in [0.29, 0.717) is 34.4 Å². The SMILES string of the molecule is CC(C)c1ccc([C@H]2c3c(-c4ccc(F)cc4)n[nH]c(=O)c3Nc3nnnn32)cc1. The second kappa shape index (κ2) is 6.87. The number of anilines is 2. The largest absolute Gasteiger partial charge is 0.318 e. The van der Waals surface area contributed by atoms with Crippen LogP contribution >= 0.6 is 0 Å². The highest BCUT2D eigenvalue weighted by Gasteiger charge is 2.34. The number of hydrogen-bond acceptors (Lipinski definition) is 6. The molecule has 8 nitrogen and oxygen atoms in total. The number of aromatic amines is 1. The molecule has 1 aliphatic heterocycles. The Kier molecular flexibility index (Phi) is 4.16. The highest BCUT2D eigenvalue weighted by molar-refractivity contribution is 5.75. The van der Waals surface area contributed by atoms with Gasteiger partial charge < -0.3 is 5.32 Å². The van der Waals surface area contributed by atoms with Gasteiger partial charge in [-0.25, -0.2) is 9.49 Å². The van der Waals surface area contributed by atoms with Gasteiger partial charge in [0.25, 0.3) is 5.56 Å². The van der Waals surface area contributed by atoms with Gasteiger partial charge in [-0.1, -0.05) is 43.2 Å². The molecule has 30 heavy (non-hydrogen) atoms. The molecule has 1 atom stereocenters. The van der Waals surface area contributed by atoms with Gasteiger partial charge in [0.15, 0.2) is 0 Å². The Bertz CT molecular complexity index is 1280. The van der Waals surface area contributed by atoms with Crippen LogP contribution in [0.1, 0.15) is 42.5 Å². The van der Waals surface area contributed by atoms with Crippen LogP contribution in [0.3, 0.4) is 0 Å². The number of halogens is 1. The third-order valence-electron chi connectivity index (χ3n) is 5.30. The van der Waals surface area contributed by atoms with Crippen molar-refractivity contribution in [3.8, 4) is 11.3 Å². The van der Waals surface area contributed by atoms with E-state index >= 15 is 0 Å². The van der Waals surface area contributed by atoms with Crippen molar-refractivity contribution in [2.24, 2.45) is 0 Å². The first-order chi connectivity index (χ1) is 14.5. The van der Waals surface area contributed by atoms with Crippen molar-refractivity contribution in [1.82, 2.24) is 30.4 Å². The summed E-state index contributed by atoms with van der Waals surface area (Å²) >= 11 is 0. The van der Waals surface area contributed by atoms with Crippen LogP contribution in [-0.4, -0.2) is 30.4 Å². The van der Waals surface area contributed by atoms with Crippen LogP contribution in [0.15, 0.2) is 53.3 Å². The molecule has 0 aliphatic carbocycles. The van der Waals surface area contributed by atoms with Gasteiger partial charge in [-0.05, 0) is 51.7 Å². The number of hydrogen-bond donors (Lipinski definition) is 2. The first-order valence-electron chi connectivity index (χ1n) is 9.56. The third kappa shape index (κ3) is 2.86. The Morgan fingerprint density at radius 2 is 1.80 bits per heavy atom. The number of rotatable bonds is 3. The van der Waals surface area contributed by atoms with Crippen molar-refractivity contribution in [2.45, 2.75) is 25.8 Å². The van der Waals surface area contributed by atoms with Gasteiger partial charge in [-0.15, -0.1) is 0 Å². The summed E-state index contributed by atoms with van der Waals surface area (Å²) in [7, 11) is 0. The predicted molar refractivity (Wildman–Crippen MR) is 109 cm³/mol. The summed E-state index contributed by atoms with van der Waals surface area (Å²) in [6, 6.07) is 13.6. The Morgan fingerprint density at radius 1 is 1.07 bits per heavy atom. The fraction of sp³-hybridized carbons (Fsp3) is 0.190. The van der Waals surface area contributed by atoms with E-state index < -0.39 is 6.04 Å². The number of tetrazole rings is 1. The van der Waals surface area contributed by atoms with E-state index in [1.165, 1.54) is 17.7 Å². The van der Waals surface area contributed by atoms with Crippen LogP contribution in [0.5, 0.6) is 0 Å². The Morgan fingerprint density at radius 3 is 2.50 bits per heavy atom. The summed E-state index contributed by atoms with van der Waals surface area (Å²) < 4.78 is 15.1. The zero-order valence-corrected chi connectivity index (χ0v) is 16.3. The lowest BCUT2D eigenvalue weighted by Crippen LogP contribution is -2.29. The fourth-order valence-electron chi connectivity index (χ4n) is 3.74. The van der Waals surface area contributed by atoms with E-state index in [2.05, 4.69) is 57.0 Å². The van der Waals surface area contributed by atoms with Gasteiger partial charge in [0.05, 0.1) is 5.69 Å².